The molecule has 0 spiro atoms. The van der Waals surface area contributed by atoms with Crippen LogP contribution in [0.25, 0.3) is 11.0 Å². The van der Waals surface area contributed by atoms with Crippen LogP contribution < -0.4 is 4.90 Å². The minimum Gasteiger partial charge on any atom is -0.355 e. The fourth-order valence-electron chi connectivity index (χ4n) is 3.31. The molecule has 1 aliphatic heterocycles. The van der Waals surface area contributed by atoms with Crippen molar-refractivity contribution < 1.29 is 0 Å². The normalized spacial score (nSPS) is 18.8. The lowest BCUT2D eigenvalue weighted by atomic mass is 9.95. The highest BCUT2D eigenvalue weighted by molar-refractivity contribution is 5.75. The lowest BCUT2D eigenvalue weighted by Crippen LogP contribution is -2.35. The van der Waals surface area contributed by atoms with Gasteiger partial charge in [0.25, 0.3) is 0 Å². The summed E-state index contributed by atoms with van der Waals surface area (Å²) in [5, 5.41) is 4.30. The summed E-state index contributed by atoms with van der Waals surface area (Å²) in [5.41, 5.74) is 3.22. The minimum atomic E-state index is 0.509. The third kappa shape index (κ3) is 2.32. The van der Waals surface area contributed by atoms with Gasteiger partial charge in [0, 0.05) is 37.9 Å². The van der Waals surface area contributed by atoms with E-state index in [1.807, 2.05) is 48.4 Å². The van der Waals surface area contributed by atoms with E-state index in [0.29, 0.717) is 5.92 Å². The molecule has 0 unspecified atom stereocenters. The summed E-state index contributed by atoms with van der Waals surface area (Å²) in [6, 6.07) is 10.2. The van der Waals surface area contributed by atoms with Crippen molar-refractivity contribution in [3.05, 3.63) is 48.4 Å². The van der Waals surface area contributed by atoms with E-state index in [-0.39, 0.29) is 0 Å². The number of nitrogens with zero attached hydrogens (tertiary/aromatic N) is 5. The van der Waals surface area contributed by atoms with Gasteiger partial charge >= 0.3 is 0 Å². The molecular weight excluding hydrogens is 274 g/mol. The van der Waals surface area contributed by atoms with E-state index in [1.54, 1.807) is 0 Å². The van der Waals surface area contributed by atoms with Crippen molar-refractivity contribution in [2.75, 3.05) is 18.0 Å². The Morgan fingerprint density at radius 3 is 2.82 bits per heavy atom. The Bertz CT molecular complexity index is 794. The summed E-state index contributed by atoms with van der Waals surface area (Å²) in [6.07, 6.45) is 6.15. The fourth-order valence-corrected chi connectivity index (χ4v) is 3.31. The van der Waals surface area contributed by atoms with Crippen LogP contribution in [0.3, 0.4) is 0 Å². The van der Waals surface area contributed by atoms with E-state index in [0.717, 1.165) is 29.9 Å². The van der Waals surface area contributed by atoms with Crippen LogP contribution in [-0.4, -0.2) is 32.8 Å². The van der Waals surface area contributed by atoms with E-state index in [4.69, 9.17) is 4.98 Å². The van der Waals surface area contributed by atoms with Gasteiger partial charge in [-0.2, -0.15) is 5.10 Å². The fraction of sp³-hybridized carbons (Fsp3) is 0.353. The van der Waals surface area contributed by atoms with Crippen LogP contribution in [0.5, 0.6) is 0 Å². The van der Waals surface area contributed by atoms with Crippen LogP contribution in [0.2, 0.25) is 0 Å². The first-order valence-corrected chi connectivity index (χ1v) is 7.76. The number of aryl methyl sites for hydroxylation is 1. The molecule has 0 N–H and O–H groups in total. The van der Waals surface area contributed by atoms with Crippen LogP contribution in [0.15, 0.2) is 42.7 Å². The summed E-state index contributed by atoms with van der Waals surface area (Å²) in [4.78, 5) is 11.7. The van der Waals surface area contributed by atoms with Gasteiger partial charge in [-0.05, 0) is 31.0 Å². The molecule has 1 fully saturated rings. The van der Waals surface area contributed by atoms with E-state index in [2.05, 4.69) is 21.0 Å². The molecule has 0 radical (unpaired) electrons. The van der Waals surface area contributed by atoms with E-state index in [1.165, 1.54) is 18.5 Å². The molecule has 0 amide bonds. The molecule has 3 heterocycles. The Labute approximate surface area is 129 Å². The number of benzene rings is 1. The molecule has 1 saturated heterocycles. The van der Waals surface area contributed by atoms with Crippen molar-refractivity contribution in [3.8, 4) is 0 Å². The molecule has 0 aliphatic carbocycles. The Balaban J connectivity index is 1.62. The highest BCUT2D eigenvalue weighted by Crippen LogP contribution is 2.29. The first kappa shape index (κ1) is 13.2. The van der Waals surface area contributed by atoms with Crippen molar-refractivity contribution in [1.29, 1.82) is 0 Å². The van der Waals surface area contributed by atoms with Crippen molar-refractivity contribution in [2.24, 2.45) is 7.05 Å². The number of hydrogen-bond donors (Lipinski definition) is 0. The van der Waals surface area contributed by atoms with E-state index < -0.39 is 0 Å². The van der Waals surface area contributed by atoms with Gasteiger partial charge in [0.1, 0.15) is 5.82 Å². The Hall–Kier alpha value is -2.43. The monoisotopic (exact) mass is 293 g/mol. The van der Waals surface area contributed by atoms with E-state index in [9.17, 15) is 0 Å². The average Bonchev–Trinajstić information content (AvgIpc) is 3.00. The maximum atomic E-state index is 4.78. The number of piperidine rings is 1. The Kier molecular flexibility index (Phi) is 3.25. The first-order chi connectivity index (χ1) is 10.8. The summed E-state index contributed by atoms with van der Waals surface area (Å²) in [7, 11) is 2.02. The molecule has 3 aromatic rings. The Morgan fingerprint density at radius 2 is 2.00 bits per heavy atom. The third-order valence-electron chi connectivity index (χ3n) is 4.46. The molecule has 1 aromatic carbocycles. The number of hydrogen-bond acceptors (Lipinski definition) is 4. The summed E-state index contributed by atoms with van der Waals surface area (Å²) in [6.45, 7) is 2.02. The summed E-state index contributed by atoms with van der Waals surface area (Å²) < 4.78 is 1.99. The second-order valence-electron chi connectivity index (χ2n) is 5.88. The highest BCUT2D eigenvalue weighted by atomic mass is 15.3. The summed E-state index contributed by atoms with van der Waals surface area (Å²) >= 11 is 0. The van der Waals surface area contributed by atoms with Crippen molar-refractivity contribution in [2.45, 2.75) is 18.8 Å². The molecule has 5 heteroatoms. The zero-order chi connectivity index (χ0) is 14.9. The molecule has 1 atom stereocenters. The van der Waals surface area contributed by atoms with Crippen LogP contribution in [-0.2, 0) is 7.05 Å². The zero-order valence-electron chi connectivity index (χ0n) is 12.7. The van der Waals surface area contributed by atoms with Crippen molar-refractivity contribution in [3.63, 3.8) is 0 Å². The molecule has 5 nitrogen and oxygen atoms in total. The molecule has 112 valence electrons. The van der Waals surface area contributed by atoms with Gasteiger partial charge in [0.15, 0.2) is 0 Å². The van der Waals surface area contributed by atoms with Crippen LogP contribution in [0, 0.1) is 0 Å². The van der Waals surface area contributed by atoms with E-state index >= 15 is 0 Å². The number of aromatic nitrogens is 4. The maximum absolute atomic E-state index is 4.78. The standard InChI is InChI=1S/C17H19N5/c1-21-16(8-9-19-21)13-5-4-10-22(12-13)17-11-18-14-6-2-3-7-15(14)20-17/h2-3,6-9,11,13H,4-5,10,12H2,1H3/t13-/m1/s1. The van der Waals surface area contributed by atoms with Gasteiger partial charge in [-0.3, -0.25) is 9.67 Å². The van der Waals surface area contributed by atoms with Gasteiger partial charge < -0.3 is 4.90 Å². The van der Waals surface area contributed by atoms with Crippen LogP contribution >= 0.6 is 0 Å². The van der Waals surface area contributed by atoms with Crippen LogP contribution in [0.1, 0.15) is 24.5 Å². The third-order valence-corrected chi connectivity index (χ3v) is 4.46. The molecule has 1 aliphatic rings. The lowest BCUT2D eigenvalue weighted by Gasteiger charge is -2.33. The first-order valence-electron chi connectivity index (χ1n) is 7.76. The van der Waals surface area contributed by atoms with Gasteiger partial charge in [0.2, 0.25) is 0 Å². The largest absolute Gasteiger partial charge is 0.355 e. The average molecular weight is 293 g/mol. The van der Waals surface area contributed by atoms with Gasteiger partial charge in [0.05, 0.1) is 17.2 Å². The number of fused-ring (bicyclic) bond motifs is 1. The second kappa shape index (κ2) is 5.40. The molecule has 22 heavy (non-hydrogen) atoms. The highest BCUT2D eigenvalue weighted by Gasteiger charge is 2.24. The molecule has 4 rings (SSSR count). The van der Waals surface area contributed by atoms with Gasteiger partial charge in [-0.1, -0.05) is 12.1 Å². The number of anilines is 1. The quantitative estimate of drug-likeness (QED) is 0.729. The predicted molar refractivity (Wildman–Crippen MR) is 86.9 cm³/mol. The van der Waals surface area contributed by atoms with Crippen molar-refractivity contribution in [1.82, 2.24) is 19.7 Å². The number of rotatable bonds is 2. The SMILES string of the molecule is Cn1nccc1[C@@H]1CCCN(c2cnc3ccccc3n2)C1. The molecule has 0 bridgehead atoms. The van der Waals surface area contributed by atoms with Crippen LogP contribution in [0.4, 0.5) is 5.82 Å². The summed E-state index contributed by atoms with van der Waals surface area (Å²) in [5.74, 6) is 1.49. The smallest absolute Gasteiger partial charge is 0.147 e. The molecular formula is C17H19N5. The number of para-hydroxylation sites is 2. The molecule has 2 aromatic heterocycles. The minimum absolute atomic E-state index is 0.509. The Morgan fingerprint density at radius 1 is 1.14 bits per heavy atom. The lowest BCUT2D eigenvalue weighted by molar-refractivity contribution is 0.481. The van der Waals surface area contributed by atoms with Gasteiger partial charge in [-0.25, -0.2) is 4.98 Å². The molecule has 0 saturated carbocycles. The topological polar surface area (TPSA) is 46.8 Å². The van der Waals surface area contributed by atoms with Crippen molar-refractivity contribution >= 4 is 16.9 Å². The predicted octanol–water partition coefficient (Wildman–Crippen LogP) is 2.75. The second-order valence-corrected chi connectivity index (χ2v) is 5.88. The maximum Gasteiger partial charge on any atom is 0.147 e. The zero-order valence-corrected chi connectivity index (χ0v) is 12.7. The van der Waals surface area contributed by atoms with Gasteiger partial charge in [-0.15, -0.1) is 0 Å².